The second kappa shape index (κ2) is 14.7. The van der Waals surface area contributed by atoms with Gasteiger partial charge in [-0.1, -0.05) is 32.4 Å². The number of Topliss-reactive ketones (excluding diaryl/α,β-unsaturated/α-hetero) is 1. The molecule has 1 aromatic rings. The summed E-state index contributed by atoms with van der Waals surface area (Å²) in [5, 5.41) is 4.12. The van der Waals surface area contributed by atoms with Gasteiger partial charge in [-0.05, 0) is 48.9 Å². The molecule has 0 radical (unpaired) electrons. The lowest BCUT2D eigenvalue weighted by atomic mass is 9.77. The van der Waals surface area contributed by atoms with E-state index in [9.17, 15) is 9.36 Å². The summed E-state index contributed by atoms with van der Waals surface area (Å²) in [6, 6.07) is 3.60. The summed E-state index contributed by atoms with van der Waals surface area (Å²) in [5.74, 6) is 0.185. The molecule has 38 heavy (non-hydrogen) atoms. The molecule has 0 amide bonds. The standard InChI is InChI=1S/C27H44ClN2O7P/c1-9-35-38(32,36-10-2)37-25(18-30(6)7)23(31)17-22-20-16-21(28)24(34-13-11-12-33-8)14-19(20)15-26(29-22)27(3,4)5/h14,16,18,22,26,29H,9-13,15,17H2,1-8H3. The Kier molecular flexibility index (Phi) is 12.6. The van der Waals surface area contributed by atoms with Gasteiger partial charge in [-0.15, -0.1) is 0 Å². The molecule has 1 aliphatic rings. The number of carbonyl (C=O) groups is 1. The number of ketones is 1. The number of allylic oxidation sites excluding steroid dienone is 1. The molecule has 0 saturated carbocycles. The molecule has 0 saturated heterocycles. The number of halogens is 1. The van der Waals surface area contributed by atoms with E-state index >= 15 is 0 Å². The van der Waals surface area contributed by atoms with Crippen LogP contribution in [0.25, 0.3) is 0 Å². The minimum absolute atomic E-state index is 0.0574. The molecule has 1 aliphatic heterocycles. The third-order valence-electron chi connectivity index (χ3n) is 6.02. The van der Waals surface area contributed by atoms with Gasteiger partial charge < -0.3 is 24.2 Å². The zero-order valence-corrected chi connectivity index (χ0v) is 25.6. The van der Waals surface area contributed by atoms with Crippen molar-refractivity contribution < 1.29 is 32.4 Å². The number of benzene rings is 1. The predicted octanol–water partition coefficient (Wildman–Crippen LogP) is 5.92. The van der Waals surface area contributed by atoms with Gasteiger partial charge in [-0.25, -0.2) is 4.57 Å². The van der Waals surface area contributed by atoms with Gasteiger partial charge in [0.05, 0.1) is 24.8 Å². The van der Waals surface area contributed by atoms with Gasteiger partial charge in [0.1, 0.15) is 5.75 Å². The number of nitrogens with zero attached hydrogens (tertiary/aromatic N) is 1. The van der Waals surface area contributed by atoms with Crippen LogP contribution in [0.2, 0.25) is 5.02 Å². The van der Waals surface area contributed by atoms with E-state index < -0.39 is 7.82 Å². The van der Waals surface area contributed by atoms with Gasteiger partial charge in [-0.2, -0.15) is 0 Å². The van der Waals surface area contributed by atoms with Crippen LogP contribution >= 0.6 is 19.4 Å². The third kappa shape index (κ3) is 9.54. The lowest BCUT2D eigenvalue weighted by Gasteiger charge is -2.40. The number of hydrogen-bond donors (Lipinski definition) is 1. The van der Waals surface area contributed by atoms with E-state index in [1.807, 2.05) is 12.1 Å². The van der Waals surface area contributed by atoms with Crippen molar-refractivity contribution in [1.29, 1.82) is 0 Å². The molecule has 0 bridgehead atoms. The number of phosphoric ester groups is 1. The van der Waals surface area contributed by atoms with E-state index in [2.05, 4.69) is 26.1 Å². The number of phosphoric acid groups is 1. The van der Waals surface area contributed by atoms with Crippen molar-refractivity contribution in [3.8, 4) is 5.75 Å². The maximum absolute atomic E-state index is 13.6. The van der Waals surface area contributed by atoms with Gasteiger partial charge >= 0.3 is 7.82 Å². The highest BCUT2D eigenvalue weighted by Crippen LogP contribution is 2.51. The summed E-state index contributed by atoms with van der Waals surface area (Å²) in [6.07, 6.45) is 3.06. The summed E-state index contributed by atoms with van der Waals surface area (Å²) in [4.78, 5) is 15.2. The second-order valence-electron chi connectivity index (χ2n) is 10.5. The zero-order valence-electron chi connectivity index (χ0n) is 24.0. The number of hydrogen-bond acceptors (Lipinski definition) is 9. The van der Waals surface area contributed by atoms with E-state index in [1.165, 1.54) is 6.20 Å². The van der Waals surface area contributed by atoms with Gasteiger partial charge in [0.15, 0.2) is 5.76 Å². The Morgan fingerprint density at radius 2 is 1.84 bits per heavy atom. The fraction of sp³-hybridized carbons (Fsp3) is 0.667. The number of carbonyl (C=O) groups excluding carboxylic acids is 1. The molecular weight excluding hydrogens is 531 g/mol. The average Bonchev–Trinajstić information content (AvgIpc) is 2.81. The van der Waals surface area contributed by atoms with Crippen LogP contribution in [-0.4, -0.2) is 64.4 Å². The highest BCUT2D eigenvalue weighted by molar-refractivity contribution is 7.48. The topological polar surface area (TPSA) is 95.6 Å². The Balaban J connectivity index is 2.39. The Bertz CT molecular complexity index is 1000. The molecule has 2 unspecified atom stereocenters. The average molecular weight is 575 g/mol. The first-order valence-electron chi connectivity index (χ1n) is 13.0. The first-order valence-corrected chi connectivity index (χ1v) is 14.9. The van der Waals surface area contributed by atoms with E-state index in [0.29, 0.717) is 24.0 Å². The summed E-state index contributed by atoms with van der Waals surface area (Å²) in [7, 11) is 1.20. The summed E-state index contributed by atoms with van der Waals surface area (Å²) in [6.45, 7) is 11.2. The van der Waals surface area contributed by atoms with Gasteiger partial charge in [0, 0.05) is 58.9 Å². The normalized spacial score (nSPS) is 18.2. The van der Waals surface area contributed by atoms with Crippen LogP contribution in [0.5, 0.6) is 5.75 Å². The minimum Gasteiger partial charge on any atom is -0.492 e. The monoisotopic (exact) mass is 574 g/mol. The van der Waals surface area contributed by atoms with E-state index in [-0.39, 0.29) is 48.7 Å². The van der Waals surface area contributed by atoms with Crippen molar-refractivity contribution in [2.24, 2.45) is 5.41 Å². The zero-order chi connectivity index (χ0) is 28.5. The number of nitrogens with one attached hydrogen (secondary N) is 1. The molecule has 1 aromatic carbocycles. The fourth-order valence-electron chi connectivity index (χ4n) is 4.14. The Morgan fingerprint density at radius 3 is 2.39 bits per heavy atom. The van der Waals surface area contributed by atoms with Crippen molar-refractivity contribution in [3.63, 3.8) is 0 Å². The maximum Gasteiger partial charge on any atom is 0.530 e. The van der Waals surface area contributed by atoms with E-state index in [1.54, 1.807) is 40.0 Å². The number of rotatable bonds is 15. The first kappa shape index (κ1) is 32.6. The first-order chi connectivity index (χ1) is 17.8. The SMILES string of the molecule is CCOP(=O)(OCC)OC(=CN(C)C)C(=O)CC1NC(C(C)(C)C)Cc2cc(OCCCOC)c(Cl)cc21. The molecule has 1 N–H and O–H groups in total. The number of fused-ring (bicyclic) bond motifs is 1. The Labute approximate surface area is 232 Å². The lowest BCUT2D eigenvalue weighted by Crippen LogP contribution is -2.47. The molecule has 11 heteroatoms. The summed E-state index contributed by atoms with van der Waals surface area (Å²) >= 11 is 6.61. The molecule has 1 heterocycles. The van der Waals surface area contributed by atoms with Crippen LogP contribution in [-0.2, 0) is 34.1 Å². The minimum atomic E-state index is -3.96. The van der Waals surface area contributed by atoms with Crippen LogP contribution in [0, 0.1) is 5.41 Å². The summed E-state index contributed by atoms with van der Waals surface area (Å²) < 4.78 is 40.2. The molecule has 0 spiro atoms. The molecule has 0 fully saturated rings. The Morgan fingerprint density at radius 1 is 1.18 bits per heavy atom. The maximum atomic E-state index is 13.6. The second-order valence-corrected chi connectivity index (χ2v) is 12.5. The van der Waals surface area contributed by atoms with Gasteiger partial charge in [0.25, 0.3) is 0 Å². The van der Waals surface area contributed by atoms with Crippen molar-refractivity contribution in [2.45, 2.75) is 66.0 Å². The van der Waals surface area contributed by atoms with Crippen LogP contribution in [0.4, 0.5) is 0 Å². The quantitative estimate of drug-likeness (QED) is 0.119. The molecule has 9 nitrogen and oxygen atoms in total. The molecular formula is C27H44ClN2O7P. The van der Waals surface area contributed by atoms with E-state index in [0.717, 1.165) is 24.0 Å². The molecule has 0 aromatic heterocycles. The number of ether oxygens (including phenoxy) is 2. The highest BCUT2D eigenvalue weighted by Gasteiger charge is 2.37. The molecule has 2 rings (SSSR count). The van der Waals surface area contributed by atoms with Crippen molar-refractivity contribution in [3.05, 3.63) is 40.2 Å². The van der Waals surface area contributed by atoms with Gasteiger partial charge in [0.2, 0.25) is 5.78 Å². The summed E-state index contributed by atoms with van der Waals surface area (Å²) in [5.41, 5.74) is 1.92. The Hall–Kier alpha value is -1.61. The predicted molar refractivity (Wildman–Crippen MR) is 150 cm³/mol. The molecule has 2 atom stereocenters. The fourth-order valence-corrected chi connectivity index (χ4v) is 5.57. The van der Waals surface area contributed by atoms with Crippen LogP contribution in [0.1, 0.15) is 64.6 Å². The van der Waals surface area contributed by atoms with E-state index in [4.69, 9.17) is 34.6 Å². The van der Waals surface area contributed by atoms with Gasteiger partial charge in [-0.3, -0.25) is 13.8 Å². The van der Waals surface area contributed by atoms with Crippen LogP contribution in [0.3, 0.4) is 0 Å². The lowest BCUT2D eigenvalue weighted by molar-refractivity contribution is -0.118. The van der Waals surface area contributed by atoms with Crippen molar-refractivity contribution >= 4 is 25.2 Å². The molecule has 0 aliphatic carbocycles. The smallest absolute Gasteiger partial charge is 0.492 e. The van der Waals surface area contributed by atoms with Crippen LogP contribution in [0.15, 0.2) is 24.1 Å². The highest BCUT2D eigenvalue weighted by atomic mass is 35.5. The number of methoxy groups -OCH3 is 1. The van der Waals surface area contributed by atoms with Crippen molar-refractivity contribution in [2.75, 3.05) is 47.6 Å². The third-order valence-corrected chi connectivity index (χ3v) is 7.88. The van der Waals surface area contributed by atoms with Crippen molar-refractivity contribution in [1.82, 2.24) is 10.2 Å². The van der Waals surface area contributed by atoms with Crippen LogP contribution < -0.4 is 10.1 Å². The molecule has 216 valence electrons. The largest absolute Gasteiger partial charge is 0.530 e.